The van der Waals surface area contributed by atoms with Gasteiger partial charge >= 0.3 is 0 Å². The zero-order valence-electron chi connectivity index (χ0n) is 9.20. The zero-order valence-corrected chi connectivity index (χ0v) is 10.0. The normalized spacial score (nSPS) is 42.6. The molecule has 2 heterocycles. The van der Waals surface area contributed by atoms with Crippen LogP contribution in [-0.2, 0) is 14.2 Å². The molecule has 2 aliphatic heterocycles. The summed E-state index contributed by atoms with van der Waals surface area (Å²) in [6.07, 6.45) is -3.72. The third-order valence-electron chi connectivity index (χ3n) is 2.67. The highest BCUT2D eigenvalue weighted by molar-refractivity contribution is 5.85. The molecule has 0 aromatic carbocycles. The van der Waals surface area contributed by atoms with Crippen molar-refractivity contribution in [3.8, 4) is 0 Å². The van der Waals surface area contributed by atoms with Gasteiger partial charge in [-0.15, -0.1) is 12.4 Å². The molecule has 2 aliphatic rings. The average molecular weight is 256 g/mol. The molecule has 2 rings (SSSR count). The fourth-order valence-electron chi connectivity index (χ4n) is 1.97. The molecule has 0 aliphatic carbocycles. The predicted octanol–water partition coefficient (Wildman–Crippen LogP) is -1.03. The van der Waals surface area contributed by atoms with E-state index in [9.17, 15) is 10.2 Å². The monoisotopic (exact) mass is 255 g/mol. The molecule has 6 nitrogen and oxygen atoms in total. The Morgan fingerprint density at radius 1 is 1.38 bits per heavy atom. The van der Waals surface area contributed by atoms with Crippen LogP contribution in [0.3, 0.4) is 0 Å². The van der Waals surface area contributed by atoms with Crippen molar-refractivity contribution in [2.24, 2.45) is 5.73 Å². The Bertz CT molecular complexity index is 252. The van der Waals surface area contributed by atoms with Crippen LogP contribution in [0.5, 0.6) is 0 Å². The molecule has 0 bridgehead atoms. The van der Waals surface area contributed by atoms with Crippen molar-refractivity contribution in [3.05, 3.63) is 0 Å². The van der Waals surface area contributed by atoms with Crippen molar-refractivity contribution in [1.29, 1.82) is 0 Å². The molecule has 5 atom stereocenters. The second-order valence-electron chi connectivity index (χ2n) is 4.36. The van der Waals surface area contributed by atoms with Gasteiger partial charge in [0.2, 0.25) is 0 Å². The van der Waals surface area contributed by atoms with E-state index < -0.39 is 36.5 Å². The van der Waals surface area contributed by atoms with Crippen LogP contribution in [0.25, 0.3) is 0 Å². The Morgan fingerprint density at radius 3 is 2.50 bits per heavy atom. The van der Waals surface area contributed by atoms with Gasteiger partial charge in [-0.25, -0.2) is 0 Å². The molecule has 0 aromatic heterocycles. The summed E-state index contributed by atoms with van der Waals surface area (Å²) >= 11 is 0. The first-order chi connectivity index (χ1) is 6.94. The molecule has 16 heavy (non-hydrogen) atoms. The highest BCUT2D eigenvalue weighted by Gasteiger charge is 2.55. The molecule has 2 unspecified atom stereocenters. The molecule has 0 amide bonds. The van der Waals surface area contributed by atoms with Gasteiger partial charge in [0.15, 0.2) is 12.1 Å². The van der Waals surface area contributed by atoms with Crippen LogP contribution in [0.4, 0.5) is 0 Å². The van der Waals surface area contributed by atoms with Crippen LogP contribution in [0.15, 0.2) is 0 Å². The minimum atomic E-state index is -0.907. The van der Waals surface area contributed by atoms with E-state index >= 15 is 0 Å². The number of hydrogen-bond donors (Lipinski definition) is 3. The number of ether oxygens (including phenoxy) is 3. The summed E-state index contributed by atoms with van der Waals surface area (Å²) in [5.41, 5.74) is 5.29. The minimum Gasteiger partial charge on any atom is -0.389 e. The SMILES string of the molecule is CC1(C)O[C@@H]2O[C@@H](C(O)CN)C(O)[C@@H]2O1.Cl. The molecule has 2 saturated heterocycles. The number of nitrogens with two attached hydrogens (primary N) is 1. The molecule has 0 saturated carbocycles. The first kappa shape index (κ1) is 14.1. The Labute approximate surface area is 100 Å². The van der Waals surface area contributed by atoms with Gasteiger partial charge in [0.05, 0.1) is 6.10 Å². The van der Waals surface area contributed by atoms with Gasteiger partial charge < -0.3 is 30.2 Å². The summed E-state index contributed by atoms with van der Waals surface area (Å²) in [5, 5.41) is 19.3. The van der Waals surface area contributed by atoms with Gasteiger partial charge in [-0.1, -0.05) is 0 Å². The number of rotatable bonds is 2. The summed E-state index contributed by atoms with van der Waals surface area (Å²) in [6, 6.07) is 0. The van der Waals surface area contributed by atoms with E-state index in [0.29, 0.717) is 0 Å². The lowest BCUT2D eigenvalue weighted by molar-refractivity contribution is -0.225. The first-order valence-corrected chi connectivity index (χ1v) is 5.02. The maximum absolute atomic E-state index is 9.85. The highest BCUT2D eigenvalue weighted by Crippen LogP contribution is 2.37. The lowest BCUT2D eigenvalue weighted by atomic mass is 10.1. The molecule has 0 radical (unpaired) electrons. The number of fused-ring (bicyclic) bond motifs is 1. The van der Waals surface area contributed by atoms with Crippen molar-refractivity contribution in [2.75, 3.05) is 6.54 Å². The van der Waals surface area contributed by atoms with Crippen molar-refractivity contribution < 1.29 is 24.4 Å². The van der Waals surface area contributed by atoms with Crippen LogP contribution in [-0.4, -0.2) is 53.3 Å². The molecular formula is C9H18ClNO5. The van der Waals surface area contributed by atoms with Crippen LogP contribution >= 0.6 is 12.4 Å². The maximum atomic E-state index is 9.85. The largest absolute Gasteiger partial charge is 0.389 e. The fraction of sp³-hybridized carbons (Fsp3) is 1.00. The van der Waals surface area contributed by atoms with E-state index in [-0.39, 0.29) is 19.0 Å². The van der Waals surface area contributed by atoms with Crippen molar-refractivity contribution in [1.82, 2.24) is 0 Å². The van der Waals surface area contributed by atoms with Crippen LogP contribution in [0.2, 0.25) is 0 Å². The van der Waals surface area contributed by atoms with E-state index in [2.05, 4.69) is 0 Å². The van der Waals surface area contributed by atoms with E-state index in [1.54, 1.807) is 13.8 Å². The van der Waals surface area contributed by atoms with Gasteiger partial charge in [0.1, 0.15) is 18.3 Å². The van der Waals surface area contributed by atoms with Gasteiger partial charge in [-0.3, -0.25) is 0 Å². The van der Waals surface area contributed by atoms with Gasteiger partial charge in [0, 0.05) is 6.54 Å². The van der Waals surface area contributed by atoms with E-state index in [0.717, 1.165) is 0 Å². The van der Waals surface area contributed by atoms with Crippen molar-refractivity contribution in [2.45, 2.75) is 50.3 Å². The summed E-state index contributed by atoms with van der Waals surface area (Å²) in [5.74, 6) is -0.755. The third-order valence-corrected chi connectivity index (χ3v) is 2.67. The van der Waals surface area contributed by atoms with Crippen LogP contribution < -0.4 is 5.73 Å². The Morgan fingerprint density at radius 2 is 2.00 bits per heavy atom. The fourth-order valence-corrected chi connectivity index (χ4v) is 1.97. The Kier molecular flexibility index (Phi) is 4.18. The van der Waals surface area contributed by atoms with E-state index in [4.69, 9.17) is 19.9 Å². The number of aliphatic hydroxyl groups excluding tert-OH is 2. The molecule has 0 aromatic rings. The molecule has 2 fully saturated rings. The summed E-state index contributed by atoms with van der Waals surface area (Å²) in [4.78, 5) is 0. The summed E-state index contributed by atoms with van der Waals surface area (Å²) in [6.45, 7) is 3.52. The highest BCUT2D eigenvalue weighted by atomic mass is 35.5. The average Bonchev–Trinajstić information content (AvgIpc) is 2.60. The zero-order chi connectivity index (χ0) is 11.2. The quantitative estimate of drug-likeness (QED) is 0.584. The third kappa shape index (κ3) is 2.33. The summed E-state index contributed by atoms with van der Waals surface area (Å²) < 4.78 is 16.2. The van der Waals surface area contributed by atoms with Crippen molar-refractivity contribution >= 4 is 12.4 Å². The van der Waals surface area contributed by atoms with Crippen LogP contribution in [0.1, 0.15) is 13.8 Å². The second-order valence-corrected chi connectivity index (χ2v) is 4.36. The van der Waals surface area contributed by atoms with E-state index in [1.807, 2.05) is 0 Å². The lowest BCUT2D eigenvalue weighted by Crippen LogP contribution is -2.43. The number of aliphatic hydroxyl groups is 2. The maximum Gasteiger partial charge on any atom is 0.190 e. The lowest BCUT2D eigenvalue weighted by Gasteiger charge is -2.25. The topological polar surface area (TPSA) is 94.2 Å². The van der Waals surface area contributed by atoms with Crippen molar-refractivity contribution in [3.63, 3.8) is 0 Å². The molecule has 4 N–H and O–H groups in total. The smallest absolute Gasteiger partial charge is 0.190 e. The van der Waals surface area contributed by atoms with E-state index in [1.165, 1.54) is 0 Å². The van der Waals surface area contributed by atoms with Gasteiger partial charge in [-0.05, 0) is 13.8 Å². The molecular weight excluding hydrogens is 238 g/mol. The predicted molar refractivity (Wildman–Crippen MR) is 57.0 cm³/mol. The second kappa shape index (κ2) is 4.73. The number of halogens is 1. The molecule has 96 valence electrons. The standard InChI is InChI=1S/C9H17NO5.ClH/c1-9(2)14-7-5(12)6(4(11)3-10)13-8(7)15-9;/h4-8,11-12H,3,10H2,1-2H3;1H/t4?,5?,6-,7-,8-;/m0./s1. The number of hydrogen-bond acceptors (Lipinski definition) is 6. The van der Waals surface area contributed by atoms with Crippen LogP contribution in [0, 0.1) is 0 Å². The summed E-state index contributed by atoms with van der Waals surface area (Å²) in [7, 11) is 0. The minimum absolute atomic E-state index is 0. The Balaban J connectivity index is 0.00000128. The van der Waals surface area contributed by atoms with Gasteiger partial charge in [0.25, 0.3) is 0 Å². The van der Waals surface area contributed by atoms with Gasteiger partial charge in [-0.2, -0.15) is 0 Å². The first-order valence-electron chi connectivity index (χ1n) is 5.02. The Hall–Kier alpha value is 0.0500. The molecule has 7 heteroatoms. The molecule has 0 spiro atoms.